The second-order valence-corrected chi connectivity index (χ2v) is 5.56. The maximum Gasteiger partial charge on any atom is 0.260 e. The van der Waals surface area contributed by atoms with Gasteiger partial charge in [-0.2, -0.15) is 0 Å². The van der Waals surface area contributed by atoms with Gasteiger partial charge in [0, 0.05) is 12.1 Å². The molecule has 0 fully saturated rings. The molecule has 0 saturated carbocycles. The zero-order valence-electron chi connectivity index (χ0n) is 11.6. The lowest BCUT2D eigenvalue weighted by Crippen LogP contribution is -2.38. The number of hydrogen-bond acceptors (Lipinski definition) is 3. The molecule has 2 aromatic rings. The number of halogens is 2. The molecule has 0 atom stereocenters. The lowest BCUT2D eigenvalue weighted by Gasteiger charge is -2.20. The van der Waals surface area contributed by atoms with E-state index in [0.717, 1.165) is 0 Å². The highest BCUT2D eigenvalue weighted by Gasteiger charge is 2.25. The summed E-state index contributed by atoms with van der Waals surface area (Å²) in [5.74, 6) is 0.358. The summed E-state index contributed by atoms with van der Waals surface area (Å²) in [6.45, 7) is 1.07. The largest absolute Gasteiger partial charge is 0.323 e. The number of nitrogens with one attached hydrogen (secondary N) is 1. The monoisotopic (exact) mass is 333 g/mol. The van der Waals surface area contributed by atoms with Crippen LogP contribution in [-0.2, 0) is 0 Å². The molecule has 112 valence electrons. The van der Waals surface area contributed by atoms with E-state index in [1.54, 1.807) is 35.2 Å². The van der Waals surface area contributed by atoms with Gasteiger partial charge in [-0.05, 0) is 24.3 Å². The number of amides is 1. The Hall–Kier alpha value is -2.04. The van der Waals surface area contributed by atoms with Gasteiger partial charge >= 0.3 is 0 Å². The average molecular weight is 334 g/mol. The minimum absolute atomic E-state index is 0.104. The Morgan fingerprint density at radius 1 is 1.05 bits per heavy atom. The molecule has 1 amide bonds. The Bertz CT molecular complexity index is 711. The van der Waals surface area contributed by atoms with Crippen molar-refractivity contribution in [2.45, 2.75) is 0 Å². The molecule has 1 aliphatic rings. The third-order valence-corrected chi connectivity index (χ3v) is 3.94. The predicted octanol–water partition coefficient (Wildman–Crippen LogP) is 3.92. The number of nitrogens with zero attached hydrogens (tertiary/aromatic N) is 2. The minimum Gasteiger partial charge on any atom is -0.323 e. The molecule has 6 heteroatoms. The molecule has 0 bridgehead atoms. The van der Waals surface area contributed by atoms with Gasteiger partial charge in [0.05, 0.1) is 22.3 Å². The van der Waals surface area contributed by atoms with Crippen molar-refractivity contribution in [3.05, 3.63) is 64.1 Å². The summed E-state index contributed by atoms with van der Waals surface area (Å²) in [4.78, 5) is 18.5. The van der Waals surface area contributed by atoms with E-state index in [1.165, 1.54) is 0 Å². The van der Waals surface area contributed by atoms with E-state index in [9.17, 15) is 4.79 Å². The van der Waals surface area contributed by atoms with Crippen molar-refractivity contribution in [1.29, 1.82) is 0 Å². The van der Waals surface area contributed by atoms with Gasteiger partial charge in [0.25, 0.3) is 5.91 Å². The Balaban J connectivity index is 1.84. The maximum atomic E-state index is 12.6. The van der Waals surface area contributed by atoms with Crippen molar-refractivity contribution in [3.63, 3.8) is 0 Å². The SMILES string of the molecule is O=C(c1ccccc1)N1CCN=C1Nc1c(Cl)cccc1Cl. The summed E-state index contributed by atoms with van der Waals surface area (Å²) in [6, 6.07) is 14.3. The normalized spacial score (nSPS) is 13.9. The number of benzene rings is 2. The van der Waals surface area contributed by atoms with Crippen LogP contribution in [0.4, 0.5) is 5.69 Å². The van der Waals surface area contributed by atoms with Crippen molar-refractivity contribution in [2.75, 3.05) is 18.4 Å². The Morgan fingerprint density at radius 3 is 2.41 bits per heavy atom. The van der Waals surface area contributed by atoms with E-state index in [0.29, 0.717) is 40.3 Å². The number of anilines is 1. The Kier molecular flexibility index (Phi) is 4.32. The topological polar surface area (TPSA) is 44.7 Å². The fraction of sp³-hybridized carbons (Fsp3) is 0.125. The molecule has 1 heterocycles. The molecule has 0 unspecified atom stereocenters. The van der Waals surface area contributed by atoms with E-state index in [1.807, 2.05) is 18.2 Å². The lowest BCUT2D eigenvalue weighted by molar-refractivity contribution is 0.0858. The molecule has 0 radical (unpaired) electrons. The second-order valence-electron chi connectivity index (χ2n) is 4.75. The third-order valence-electron chi connectivity index (χ3n) is 3.31. The van der Waals surface area contributed by atoms with Crippen LogP contribution in [0.3, 0.4) is 0 Å². The minimum atomic E-state index is -0.104. The van der Waals surface area contributed by atoms with Crippen LogP contribution in [-0.4, -0.2) is 29.9 Å². The van der Waals surface area contributed by atoms with Crippen LogP contribution >= 0.6 is 23.2 Å². The number of guanidine groups is 1. The molecule has 4 nitrogen and oxygen atoms in total. The van der Waals surface area contributed by atoms with Crippen molar-refractivity contribution >= 4 is 40.8 Å². The summed E-state index contributed by atoms with van der Waals surface area (Å²) >= 11 is 12.3. The highest BCUT2D eigenvalue weighted by Crippen LogP contribution is 2.30. The number of rotatable bonds is 2. The van der Waals surface area contributed by atoms with Gasteiger partial charge in [0.1, 0.15) is 0 Å². The van der Waals surface area contributed by atoms with E-state index in [4.69, 9.17) is 23.2 Å². The van der Waals surface area contributed by atoms with Gasteiger partial charge in [-0.1, -0.05) is 47.5 Å². The first-order chi connectivity index (χ1) is 10.7. The van der Waals surface area contributed by atoms with Crippen LogP contribution in [0.2, 0.25) is 10.0 Å². The van der Waals surface area contributed by atoms with Crippen LogP contribution in [0.1, 0.15) is 10.4 Å². The fourth-order valence-corrected chi connectivity index (χ4v) is 2.71. The van der Waals surface area contributed by atoms with Crippen LogP contribution in [0.25, 0.3) is 0 Å². The van der Waals surface area contributed by atoms with Gasteiger partial charge in [-0.25, -0.2) is 0 Å². The van der Waals surface area contributed by atoms with E-state index >= 15 is 0 Å². The van der Waals surface area contributed by atoms with E-state index in [-0.39, 0.29) is 5.91 Å². The lowest BCUT2D eigenvalue weighted by atomic mass is 10.2. The molecular formula is C16H13Cl2N3O. The zero-order valence-corrected chi connectivity index (χ0v) is 13.1. The van der Waals surface area contributed by atoms with Crippen LogP contribution in [0, 0.1) is 0 Å². The molecule has 0 saturated heterocycles. The highest BCUT2D eigenvalue weighted by molar-refractivity contribution is 6.40. The van der Waals surface area contributed by atoms with Crippen molar-refractivity contribution in [2.24, 2.45) is 4.99 Å². The number of hydrogen-bond donors (Lipinski definition) is 1. The summed E-state index contributed by atoms with van der Waals surface area (Å²) in [5, 5.41) is 4.03. The first-order valence-electron chi connectivity index (χ1n) is 6.79. The molecule has 2 aromatic carbocycles. The number of carbonyl (C=O) groups is 1. The average Bonchev–Trinajstić information content (AvgIpc) is 2.99. The van der Waals surface area contributed by atoms with Gasteiger partial charge in [0.15, 0.2) is 0 Å². The summed E-state index contributed by atoms with van der Waals surface area (Å²) in [5.41, 5.74) is 1.17. The van der Waals surface area contributed by atoms with E-state index < -0.39 is 0 Å². The first-order valence-corrected chi connectivity index (χ1v) is 7.55. The van der Waals surface area contributed by atoms with Crippen molar-refractivity contribution in [1.82, 2.24) is 4.90 Å². The smallest absolute Gasteiger partial charge is 0.260 e. The van der Waals surface area contributed by atoms with Crippen molar-refractivity contribution < 1.29 is 4.79 Å². The van der Waals surface area contributed by atoms with Gasteiger partial charge < -0.3 is 5.32 Å². The molecule has 0 spiro atoms. The molecule has 22 heavy (non-hydrogen) atoms. The maximum absolute atomic E-state index is 12.6. The molecule has 1 aliphatic heterocycles. The Morgan fingerprint density at radius 2 is 1.73 bits per heavy atom. The fourth-order valence-electron chi connectivity index (χ4n) is 2.22. The summed E-state index contributed by atoms with van der Waals surface area (Å²) in [6.07, 6.45) is 0. The zero-order chi connectivity index (χ0) is 15.5. The second kappa shape index (κ2) is 6.38. The van der Waals surface area contributed by atoms with Crippen LogP contribution < -0.4 is 5.32 Å². The molecule has 3 rings (SSSR count). The number of carbonyl (C=O) groups excluding carboxylic acids is 1. The van der Waals surface area contributed by atoms with Crippen molar-refractivity contribution in [3.8, 4) is 0 Å². The number of aliphatic imine (C=N–C) groups is 1. The standard InChI is InChI=1S/C16H13Cl2N3O/c17-12-7-4-8-13(18)14(12)20-16-19-9-10-21(16)15(22)11-5-2-1-3-6-11/h1-8H,9-10H2,(H,19,20). The Labute approximate surface area is 138 Å². The highest BCUT2D eigenvalue weighted by atomic mass is 35.5. The third kappa shape index (κ3) is 2.93. The quantitative estimate of drug-likeness (QED) is 0.905. The van der Waals surface area contributed by atoms with Gasteiger partial charge in [-0.15, -0.1) is 0 Å². The first kappa shape index (κ1) is 14.9. The van der Waals surface area contributed by atoms with Gasteiger partial charge in [-0.3, -0.25) is 14.7 Å². The van der Waals surface area contributed by atoms with Gasteiger partial charge in [0.2, 0.25) is 5.96 Å². The van der Waals surface area contributed by atoms with Crippen LogP contribution in [0.15, 0.2) is 53.5 Å². The summed E-state index contributed by atoms with van der Waals surface area (Å²) < 4.78 is 0. The van der Waals surface area contributed by atoms with E-state index in [2.05, 4.69) is 10.3 Å². The molecule has 0 aromatic heterocycles. The van der Waals surface area contributed by atoms with Crippen LogP contribution in [0.5, 0.6) is 0 Å². The predicted molar refractivity (Wildman–Crippen MR) is 89.9 cm³/mol. The molecule has 0 aliphatic carbocycles. The summed E-state index contributed by atoms with van der Waals surface area (Å²) in [7, 11) is 0. The molecule has 1 N–H and O–H groups in total. The number of para-hydroxylation sites is 1. The molecular weight excluding hydrogens is 321 g/mol.